The molecule has 0 saturated carbocycles. The molecule has 12 heavy (non-hydrogen) atoms. The number of halogens is 2. The summed E-state index contributed by atoms with van der Waals surface area (Å²) in [5, 5.41) is 1.06. The minimum Gasteiger partial charge on any atom is -0.441 e. The molecule has 0 bridgehead atoms. The Kier molecular flexibility index (Phi) is 3.93. The summed E-state index contributed by atoms with van der Waals surface area (Å²) in [4.78, 5) is 0. The van der Waals surface area contributed by atoms with Crippen molar-refractivity contribution in [3.63, 3.8) is 0 Å². The highest BCUT2D eigenvalue weighted by Gasteiger charge is 1.96. The third-order valence-electron chi connectivity index (χ3n) is 1.44. The van der Waals surface area contributed by atoms with Crippen LogP contribution in [0.5, 0.6) is 0 Å². The summed E-state index contributed by atoms with van der Waals surface area (Å²) in [7, 11) is 0. The Morgan fingerprint density at radius 1 is 1.08 bits per heavy atom. The molecule has 0 aliphatic heterocycles. The van der Waals surface area contributed by atoms with Crippen molar-refractivity contribution in [2.45, 2.75) is 0 Å². The van der Waals surface area contributed by atoms with Gasteiger partial charge in [-0.25, -0.2) is 0 Å². The molecule has 66 valence electrons. The zero-order valence-electron chi connectivity index (χ0n) is 6.19. The van der Waals surface area contributed by atoms with E-state index in [0.717, 1.165) is 11.0 Å². The van der Waals surface area contributed by atoms with E-state index in [9.17, 15) is 0 Å². The van der Waals surface area contributed by atoms with Gasteiger partial charge in [0.05, 0.1) is 0 Å². The first kappa shape index (κ1) is 11.1. The first-order valence-electron chi connectivity index (χ1n) is 3.10. The lowest BCUT2D eigenvalue weighted by Crippen LogP contribution is -1.75. The van der Waals surface area contributed by atoms with E-state index in [1.807, 2.05) is 30.3 Å². The average Bonchev–Trinajstić information content (AvgIpc) is 2.27. The van der Waals surface area contributed by atoms with Crippen molar-refractivity contribution in [2.24, 2.45) is 0 Å². The summed E-state index contributed by atoms with van der Waals surface area (Å²) in [6.45, 7) is 0. The fourth-order valence-electron chi connectivity index (χ4n) is 1.00. The molecule has 0 fully saturated rings. The number of hydrogen-bond donors (Lipinski definition) is 1. The lowest BCUT2D eigenvalue weighted by molar-refractivity contribution is 0.637. The van der Waals surface area contributed by atoms with Crippen LogP contribution in [0, 0.1) is 0 Å². The van der Waals surface area contributed by atoms with E-state index >= 15 is 0 Å². The van der Waals surface area contributed by atoms with Crippen LogP contribution in [0.1, 0.15) is 0 Å². The van der Waals surface area contributed by atoms with Crippen LogP contribution in [0.15, 0.2) is 34.7 Å². The van der Waals surface area contributed by atoms with Crippen molar-refractivity contribution in [1.82, 2.24) is 0 Å². The van der Waals surface area contributed by atoms with Crippen LogP contribution in [-0.4, -0.2) is 0 Å². The Morgan fingerprint density at radius 3 is 2.42 bits per heavy atom. The highest BCUT2D eigenvalue weighted by atomic mass is 35.5. The highest BCUT2D eigenvalue weighted by Crippen LogP contribution is 2.19. The van der Waals surface area contributed by atoms with Gasteiger partial charge >= 0.3 is 0 Å². The van der Waals surface area contributed by atoms with Crippen LogP contribution in [-0.2, 0) is 0 Å². The number of para-hydroxylation sites is 1. The molecule has 0 amide bonds. The van der Waals surface area contributed by atoms with Gasteiger partial charge in [0.2, 0.25) is 0 Å². The van der Waals surface area contributed by atoms with Gasteiger partial charge in [-0.1, -0.05) is 18.2 Å². The van der Waals surface area contributed by atoms with E-state index < -0.39 is 0 Å². The minimum atomic E-state index is 0. The molecule has 0 unspecified atom stereocenters. The van der Waals surface area contributed by atoms with E-state index in [1.54, 1.807) is 0 Å². The van der Waals surface area contributed by atoms with E-state index in [-0.39, 0.29) is 24.8 Å². The molecule has 2 rings (SSSR count). The predicted octanol–water partition coefficient (Wildman–Crippen LogP) is 2.86. The molecule has 0 radical (unpaired) electrons. The van der Waals surface area contributed by atoms with Gasteiger partial charge in [-0.2, -0.15) is 0 Å². The van der Waals surface area contributed by atoms with E-state index in [2.05, 4.69) is 0 Å². The highest BCUT2D eigenvalue weighted by molar-refractivity contribution is 5.85. The van der Waals surface area contributed by atoms with E-state index in [0.29, 0.717) is 5.88 Å². The molecule has 0 aliphatic rings. The maximum Gasteiger partial charge on any atom is 0.191 e. The first-order valence-corrected chi connectivity index (χ1v) is 3.10. The largest absolute Gasteiger partial charge is 0.441 e. The van der Waals surface area contributed by atoms with Crippen molar-refractivity contribution < 1.29 is 4.42 Å². The fraction of sp³-hybridized carbons (Fsp3) is 0. The van der Waals surface area contributed by atoms with Crippen molar-refractivity contribution in [3.05, 3.63) is 30.3 Å². The maximum absolute atomic E-state index is 5.42. The van der Waals surface area contributed by atoms with Crippen LogP contribution in [0.4, 0.5) is 5.88 Å². The van der Waals surface area contributed by atoms with Crippen LogP contribution < -0.4 is 5.73 Å². The normalized spacial score (nSPS) is 8.67. The smallest absolute Gasteiger partial charge is 0.191 e. The molecule has 1 heterocycles. The van der Waals surface area contributed by atoms with Crippen molar-refractivity contribution >= 4 is 41.7 Å². The second-order valence-corrected chi connectivity index (χ2v) is 2.19. The third-order valence-corrected chi connectivity index (χ3v) is 1.44. The van der Waals surface area contributed by atoms with Gasteiger partial charge in [0.15, 0.2) is 5.88 Å². The number of anilines is 1. The van der Waals surface area contributed by atoms with Gasteiger partial charge in [0.1, 0.15) is 5.58 Å². The number of hydrogen-bond acceptors (Lipinski definition) is 2. The average molecular weight is 206 g/mol. The quantitative estimate of drug-likeness (QED) is 0.719. The summed E-state index contributed by atoms with van der Waals surface area (Å²) in [6, 6.07) is 9.55. The van der Waals surface area contributed by atoms with Gasteiger partial charge in [0, 0.05) is 11.5 Å². The maximum atomic E-state index is 5.42. The zero-order valence-corrected chi connectivity index (χ0v) is 7.82. The fourth-order valence-corrected chi connectivity index (χ4v) is 1.00. The molecule has 2 nitrogen and oxygen atoms in total. The second kappa shape index (κ2) is 4.24. The molecule has 0 spiro atoms. The Bertz CT molecular complexity index is 326. The zero-order chi connectivity index (χ0) is 6.97. The summed E-state index contributed by atoms with van der Waals surface area (Å²) in [5.41, 5.74) is 6.27. The Hall–Kier alpha value is -0.860. The van der Waals surface area contributed by atoms with Gasteiger partial charge in [-0.15, -0.1) is 24.8 Å². The SMILES string of the molecule is Cl.Cl.Nc1cc2ccccc2o1. The van der Waals surface area contributed by atoms with E-state index in [4.69, 9.17) is 10.2 Å². The van der Waals surface area contributed by atoms with Crippen molar-refractivity contribution in [1.29, 1.82) is 0 Å². The van der Waals surface area contributed by atoms with Crippen LogP contribution >= 0.6 is 24.8 Å². The summed E-state index contributed by atoms with van der Waals surface area (Å²) in [6.07, 6.45) is 0. The molecule has 0 aliphatic carbocycles. The molecule has 1 aromatic heterocycles. The monoisotopic (exact) mass is 205 g/mol. The number of rotatable bonds is 0. The van der Waals surface area contributed by atoms with Gasteiger partial charge in [-0.3, -0.25) is 0 Å². The topological polar surface area (TPSA) is 39.2 Å². The number of benzene rings is 1. The summed E-state index contributed by atoms with van der Waals surface area (Å²) >= 11 is 0. The van der Waals surface area contributed by atoms with Crippen LogP contribution in [0.25, 0.3) is 11.0 Å². The number of fused-ring (bicyclic) bond motifs is 1. The standard InChI is InChI=1S/C8H7NO.2ClH/c9-8-5-6-3-1-2-4-7(6)10-8;;/h1-5H,9H2;2*1H. The Labute approximate surface area is 82.6 Å². The predicted molar refractivity (Wildman–Crippen MR) is 55.1 cm³/mol. The number of furan rings is 1. The van der Waals surface area contributed by atoms with Crippen molar-refractivity contribution in [2.75, 3.05) is 5.73 Å². The molecule has 4 heteroatoms. The van der Waals surface area contributed by atoms with Crippen LogP contribution in [0.2, 0.25) is 0 Å². The minimum absolute atomic E-state index is 0. The molecule has 0 atom stereocenters. The second-order valence-electron chi connectivity index (χ2n) is 2.19. The molecule has 2 aromatic rings. The van der Waals surface area contributed by atoms with Crippen molar-refractivity contribution in [3.8, 4) is 0 Å². The van der Waals surface area contributed by atoms with Crippen LogP contribution in [0.3, 0.4) is 0 Å². The Morgan fingerprint density at radius 2 is 1.75 bits per heavy atom. The van der Waals surface area contributed by atoms with Gasteiger partial charge < -0.3 is 10.2 Å². The molecular formula is C8H9Cl2NO. The van der Waals surface area contributed by atoms with E-state index in [1.165, 1.54) is 0 Å². The first-order chi connectivity index (χ1) is 4.86. The van der Waals surface area contributed by atoms with Gasteiger partial charge in [-0.05, 0) is 6.07 Å². The lowest BCUT2D eigenvalue weighted by Gasteiger charge is -1.81. The number of nitrogen functional groups attached to an aromatic ring is 1. The number of nitrogens with two attached hydrogens (primary N) is 1. The lowest BCUT2D eigenvalue weighted by atomic mass is 10.3. The molecule has 1 aromatic carbocycles. The molecular weight excluding hydrogens is 197 g/mol. The molecule has 2 N–H and O–H groups in total. The summed E-state index contributed by atoms with van der Waals surface area (Å²) in [5.74, 6) is 0.473. The Balaban J connectivity index is 0.000000605. The van der Waals surface area contributed by atoms with Gasteiger partial charge in [0.25, 0.3) is 0 Å². The summed E-state index contributed by atoms with van der Waals surface area (Å²) < 4.78 is 5.15. The third kappa shape index (κ3) is 1.84. The molecule has 0 saturated heterocycles.